The molecule has 116 valence electrons. The maximum absolute atomic E-state index is 9.08. The summed E-state index contributed by atoms with van der Waals surface area (Å²) in [5, 5.41) is 9.08. The molecule has 0 bridgehead atoms. The van der Waals surface area contributed by atoms with Gasteiger partial charge in [-0.1, -0.05) is 24.3 Å². The highest BCUT2D eigenvalue weighted by Crippen LogP contribution is 2.20. The van der Waals surface area contributed by atoms with Crippen LogP contribution < -0.4 is 0 Å². The van der Waals surface area contributed by atoms with E-state index >= 15 is 0 Å². The number of hydrogen-bond donors (Lipinski definition) is 1. The zero-order chi connectivity index (χ0) is 15.4. The summed E-state index contributed by atoms with van der Waals surface area (Å²) in [5.74, 6) is 0.697. The largest absolute Gasteiger partial charge is 0.392 e. The van der Waals surface area contributed by atoms with Crippen LogP contribution >= 0.6 is 0 Å². The van der Waals surface area contributed by atoms with Crippen molar-refractivity contribution in [3.63, 3.8) is 0 Å². The van der Waals surface area contributed by atoms with Gasteiger partial charge in [0.05, 0.1) is 24.2 Å². The lowest BCUT2D eigenvalue weighted by Crippen LogP contribution is -2.33. The maximum Gasteiger partial charge on any atom is 0.0885 e. The lowest BCUT2D eigenvalue weighted by atomic mass is 9.94. The number of aliphatic hydroxyl groups excluding tert-OH is 1. The second-order valence-corrected chi connectivity index (χ2v) is 6.22. The van der Waals surface area contributed by atoms with E-state index in [4.69, 9.17) is 5.11 Å². The summed E-state index contributed by atoms with van der Waals surface area (Å²) in [5.41, 5.74) is 3.91. The fourth-order valence-corrected chi connectivity index (χ4v) is 3.13. The number of rotatable bonds is 4. The van der Waals surface area contributed by atoms with Crippen LogP contribution in [0.1, 0.15) is 24.1 Å². The zero-order valence-corrected chi connectivity index (χ0v) is 13.1. The van der Waals surface area contributed by atoms with E-state index in [-0.39, 0.29) is 6.61 Å². The fraction of sp³-hybridized carbons (Fsp3) is 0.444. The van der Waals surface area contributed by atoms with E-state index in [1.54, 1.807) is 0 Å². The highest BCUT2D eigenvalue weighted by molar-refractivity contribution is 5.58. The summed E-state index contributed by atoms with van der Waals surface area (Å²) >= 11 is 0. The smallest absolute Gasteiger partial charge is 0.0885 e. The topological polar surface area (TPSA) is 49.2 Å². The van der Waals surface area contributed by atoms with Crippen LogP contribution in [-0.2, 0) is 13.0 Å². The summed E-state index contributed by atoms with van der Waals surface area (Å²) in [7, 11) is 2.19. The minimum Gasteiger partial charge on any atom is -0.392 e. The number of likely N-dealkylation sites (tertiary alicyclic amines) is 1. The summed E-state index contributed by atoms with van der Waals surface area (Å²) in [6.07, 6.45) is 7.35. The van der Waals surface area contributed by atoms with Gasteiger partial charge in [0.25, 0.3) is 0 Å². The molecular weight excluding hydrogens is 274 g/mol. The molecule has 0 aliphatic carbocycles. The highest BCUT2D eigenvalue weighted by Gasteiger charge is 2.18. The number of aromatic nitrogens is 2. The van der Waals surface area contributed by atoms with Crippen LogP contribution in [0, 0.1) is 5.92 Å². The van der Waals surface area contributed by atoms with Crippen molar-refractivity contribution in [2.75, 3.05) is 20.1 Å². The van der Waals surface area contributed by atoms with Gasteiger partial charge >= 0.3 is 0 Å². The zero-order valence-electron chi connectivity index (χ0n) is 13.1. The van der Waals surface area contributed by atoms with Crippen molar-refractivity contribution in [1.29, 1.82) is 0 Å². The van der Waals surface area contributed by atoms with Gasteiger partial charge in [-0.2, -0.15) is 0 Å². The Balaban J connectivity index is 1.66. The molecule has 1 N–H and O–H groups in total. The van der Waals surface area contributed by atoms with E-state index in [0.29, 0.717) is 5.92 Å². The van der Waals surface area contributed by atoms with Crippen LogP contribution in [0.3, 0.4) is 0 Å². The van der Waals surface area contributed by atoms with E-state index in [9.17, 15) is 0 Å². The van der Waals surface area contributed by atoms with Crippen LogP contribution in [0.25, 0.3) is 11.3 Å². The second-order valence-electron chi connectivity index (χ2n) is 6.22. The molecule has 4 nitrogen and oxygen atoms in total. The van der Waals surface area contributed by atoms with Crippen LogP contribution in [0.5, 0.6) is 0 Å². The molecule has 1 saturated heterocycles. The molecule has 4 heteroatoms. The number of nitrogens with zero attached hydrogens (tertiary/aromatic N) is 3. The molecule has 1 fully saturated rings. The van der Waals surface area contributed by atoms with Crippen molar-refractivity contribution < 1.29 is 5.11 Å². The Kier molecular flexibility index (Phi) is 4.80. The van der Waals surface area contributed by atoms with Crippen molar-refractivity contribution >= 4 is 0 Å². The van der Waals surface area contributed by atoms with Gasteiger partial charge in [0, 0.05) is 18.3 Å². The molecule has 0 amide bonds. The molecule has 0 spiro atoms. The first-order valence-corrected chi connectivity index (χ1v) is 7.94. The monoisotopic (exact) mass is 297 g/mol. The van der Waals surface area contributed by atoms with E-state index in [2.05, 4.69) is 21.9 Å². The quantitative estimate of drug-likeness (QED) is 0.942. The summed E-state index contributed by atoms with van der Waals surface area (Å²) < 4.78 is 0. The predicted molar refractivity (Wildman–Crippen MR) is 87.3 cm³/mol. The van der Waals surface area contributed by atoms with E-state index < -0.39 is 0 Å². The average Bonchev–Trinajstić information content (AvgIpc) is 2.56. The molecule has 0 unspecified atom stereocenters. The van der Waals surface area contributed by atoms with E-state index in [1.807, 2.05) is 36.7 Å². The molecule has 3 rings (SSSR count). The summed E-state index contributed by atoms with van der Waals surface area (Å²) in [6, 6.07) is 7.79. The molecular formula is C18H23N3O. The fourth-order valence-electron chi connectivity index (χ4n) is 3.13. The number of hydrogen-bond acceptors (Lipinski definition) is 4. The molecule has 0 saturated carbocycles. The van der Waals surface area contributed by atoms with E-state index in [0.717, 1.165) is 35.5 Å². The average molecular weight is 297 g/mol. The molecule has 1 atom stereocenters. The molecule has 2 heterocycles. The van der Waals surface area contributed by atoms with Gasteiger partial charge in [-0.3, -0.25) is 9.97 Å². The first-order valence-electron chi connectivity index (χ1n) is 7.94. The minimum absolute atomic E-state index is 0.0702. The second kappa shape index (κ2) is 6.99. The summed E-state index contributed by atoms with van der Waals surface area (Å²) in [4.78, 5) is 11.5. The van der Waals surface area contributed by atoms with Gasteiger partial charge < -0.3 is 10.0 Å². The molecule has 0 radical (unpaired) electrons. The lowest BCUT2D eigenvalue weighted by Gasteiger charge is -2.29. The van der Waals surface area contributed by atoms with Gasteiger partial charge in [-0.15, -0.1) is 0 Å². The molecule has 1 aromatic heterocycles. The van der Waals surface area contributed by atoms with Gasteiger partial charge in [0.1, 0.15) is 0 Å². The summed E-state index contributed by atoms with van der Waals surface area (Å²) in [6.45, 7) is 2.44. The third-order valence-corrected chi connectivity index (χ3v) is 4.36. The maximum atomic E-state index is 9.08. The molecule has 1 aliphatic heterocycles. The Bertz CT molecular complexity index is 595. The van der Waals surface area contributed by atoms with Crippen molar-refractivity contribution in [3.05, 3.63) is 47.9 Å². The van der Waals surface area contributed by atoms with Crippen molar-refractivity contribution in [3.8, 4) is 11.3 Å². The molecule has 2 aromatic rings. The predicted octanol–water partition coefficient (Wildman–Crippen LogP) is 2.52. The number of piperidine rings is 1. The molecule has 1 aromatic carbocycles. The Morgan fingerprint density at radius 2 is 2.00 bits per heavy atom. The Hall–Kier alpha value is -1.78. The molecule has 1 aliphatic rings. The Morgan fingerprint density at radius 3 is 2.64 bits per heavy atom. The minimum atomic E-state index is 0.0702. The normalized spacial score (nSPS) is 19.3. The third kappa shape index (κ3) is 3.70. The van der Waals surface area contributed by atoms with Crippen molar-refractivity contribution in [2.24, 2.45) is 5.92 Å². The standard InChI is InChI=1S/C18H23N3O/c1-21-8-2-3-15(12-21)9-17-10-20-18(11-19-17)16-6-4-14(13-22)5-7-16/h4-7,10-11,15,22H,2-3,8-9,12-13H2,1H3/t15-/m0/s1. The highest BCUT2D eigenvalue weighted by atomic mass is 16.3. The van der Waals surface area contributed by atoms with Gasteiger partial charge in [-0.25, -0.2) is 0 Å². The lowest BCUT2D eigenvalue weighted by molar-refractivity contribution is 0.208. The Morgan fingerprint density at radius 1 is 1.18 bits per heavy atom. The Labute approximate surface area is 131 Å². The van der Waals surface area contributed by atoms with Crippen molar-refractivity contribution in [1.82, 2.24) is 14.9 Å². The van der Waals surface area contributed by atoms with Crippen LogP contribution in [0.2, 0.25) is 0 Å². The van der Waals surface area contributed by atoms with Crippen LogP contribution in [0.4, 0.5) is 0 Å². The van der Waals surface area contributed by atoms with Gasteiger partial charge in [0.2, 0.25) is 0 Å². The molecule has 22 heavy (non-hydrogen) atoms. The first kappa shape index (κ1) is 15.1. The van der Waals surface area contributed by atoms with E-state index in [1.165, 1.54) is 19.4 Å². The van der Waals surface area contributed by atoms with Gasteiger partial charge in [0.15, 0.2) is 0 Å². The van der Waals surface area contributed by atoms with Crippen LogP contribution in [-0.4, -0.2) is 40.1 Å². The number of benzene rings is 1. The van der Waals surface area contributed by atoms with Crippen molar-refractivity contribution in [2.45, 2.75) is 25.9 Å². The third-order valence-electron chi connectivity index (χ3n) is 4.36. The number of aliphatic hydroxyl groups is 1. The van der Waals surface area contributed by atoms with Crippen LogP contribution in [0.15, 0.2) is 36.7 Å². The SMILES string of the molecule is CN1CCC[C@@H](Cc2cnc(-c3ccc(CO)cc3)cn2)C1. The van der Waals surface area contributed by atoms with Gasteiger partial charge in [-0.05, 0) is 44.3 Å². The first-order chi connectivity index (χ1) is 10.7.